The molecule has 0 aliphatic carbocycles. The van der Waals surface area contributed by atoms with E-state index in [0.717, 1.165) is 48.6 Å². The van der Waals surface area contributed by atoms with Gasteiger partial charge in [0.1, 0.15) is 46.5 Å². The van der Waals surface area contributed by atoms with Gasteiger partial charge in [-0.3, -0.25) is 0 Å². The van der Waals surface area contributed by atoms with Crippen molar-refractivity contribution in [2.45, 2.75) is 44.9 Å². The number of benzene rings is 4. The Kier molecular flexibility index (Phi) is 33.1. The van der Waals surface area contributed by atoms with E-state index < -0.39 is 72.1 Å². The number of rotatable bonds is 19. The van der Waals surface area contributed by atoms with Crippen LogP contribution in [0.15, 0.2) is 102 Å². The van der Waals surface area contributed by atoms with Crippen molar-refractivity contribution in [2.75, 3.05) is 17.2 Å². The van der Waals surface area contributed by atoms with Crippen LogP contribution in [0.4, 0.5) is 22.7 Å². The van der Waals surface area contributed by atoms with Gasteiger partial charge in [0.25, 0.3) is 0 Å². The molecule has 0 heterocycles. The van der Waals surface area contributed by atoms with Gasteiger partial charge >= 0.3 is 212 Å². The number of aliphatic imine (C=N–C) groups is 2. The van der Waals surface area contributed by atoms with E-state index in [2.05, 4.69) is 55.7 Å². The number of thiocarbonyl (C=S) groups is 4. The van der Waals surface area contributed by atoms with Crippen molar-refractivity contribution in [1.82, 2.24) is 10.6 Å². The minimum absolute atomic E-state index is 0. The number of carboxylic acids is 1. The molecule has 4 rings (SSSR count). The summed E-state index contributed by atoms with van der Waals surface area (Å²) in [6, 6.07) is 12.8. The van der Waals surface area contributed by atoms with E-state index in [1.807, 2.05) is 10.3 Å². The average Bonchev–Trinajstić information content (AvgIpc) is 3.21. The maximum Gasteiger partial charge on any atom is 1.00 e. The van der Waals surface area contributed by atoms with E-state index in [1.54, 1.807) is 0 Å². The molecule has 0 aromatic heterocycles. The van der Waals surface area contributed by atoms with Crippen LogP contribution in [-0.2, 0) is 45.3 Å². The number of carbonyl (C=O) groups is 1. The molecule has 0 aliphatic heterocycles. The van der Waals surface area contributed by atoms with Crippen LogP contribution in [0.5, 0.6) is 0 Å². The second-order valence-corrected chi connectivity index (χ2v) is 19.8. The number of unbranched alkanes of at least 4 members (excludes halogenated alkanes) is 1. The summed E-state index contributed by atoms with van der Waals surface area (Å²) < 4.78 is 144. The fourth-order valence-electron chi connectivity index (χ4n) is 5.72. The topological polar surface area (TPSA) is 339 Å². The molecule has 4 aromatic carbocycles. The maximum absolute atomic E-state index is 12.2. The van der Waals surface area contributed by atoms with Crippen LogP contribution in [0, 0.1) is 0 Å². The first-order valence-electron chi connectivity index (χ1n) is 18.1. The molecule has 1 unspecified atom stereocenters. The second kappa shape index (κ2) is 32.7. The van der Waals surface area contributed by atoms with Crippen molar-refractivity contribution in [3.8, 4) is 0 Å². The quantitative estimate of drug-likeness (QED) is 0.0145. The summed E-state index contributed by atoms with van der Waals surface area (Å²) in [5.41, 5.74) is -0.484. The third kappa shape index (κ3) is 23.3. The number of hydrogen-bond donors (Lipinski definition) is 5. The molecule has 0 fully saturated rings. The molecule has 0 aliphatic rings. The summed E-state index contributed by atoms with van der Waals surface area (Å²) in [5.74, 6) is -1.29. The van der Waals surface area contributed by atoms with Gasteiger partial charge in [0, 0.05) is 17.9 Å². The Morgan fingerprint density at radius 2 is 0.914 bits per heavy atom. The van der Waals surface area contributed by atoms with Crippen molar-refractivity contribution < 1.29 is 267 Å². The van der Waals surface area contributed by atoms with Gasteiger partial charge < -0.3 is 44.6 Å². The Bertz CT molecular complexity index is 3230. The number of nitrogens with one attached hydrogen (secondary N) is 4. The number of aliphatic carboxylic acids is 1. The zero-order valence-corrected chi connectivity index (χ0v) is 56.1. The molecule has 0 saturated carbocycles. The van der Waals surface area contributed by atoms with Gasteiger partial charge in [0.2, 0.25) is 0 Å². The minimum Gasteiger partial charge on any atom is -0.744 e. The average molecular weight is 1210 g/mol. The van der Waals surface area contributed by atoms with Gasteiger partial charge in [-0.2, -0.15) is 9.98 Å². The van der Waals surface area contributed by atoms with E-state index in [9.17, 15) is 61.8 Å². The van der Waals surface area contributed by atoms with Crippen molar-refractivity contribution in [3.63, 3.8) is 0 Å². The molecular formula is C38H30K4N6O14S8. The van der Waals surface area contributed by atoms with Crippen LogP contribution < -0.4 is 227 Å². The normalized spacial score (nSPS) is 11.7. The first kappa shape index (κ1) is 71.0. The van der Waals surface area contributed by atoms with Gasteiger partial charge in [-0.1, -0.05) is 48.6 Å². The van der Waals surface area contributed by atoms with Crippen LogP contribution in [0.2, 0.25) is 0 Å². The smallest absolute Gasteiger partial charge is 0.744 e. The van der Waals surface area contributed by atoms with Crippen LogP contribution in [0.3, 0.4) is 0 Å². The monoisotopic (exact) mass is 1210 g/mol. The van der Waals surface area contributed by atoms with E-state index in [-0.39, 0.29) is 280 Å². The molecule has 348 valence electrons. The fourth-order valence-corrected chi connectivity index (χ4v) is 9.19. The third-order valence-corrected chi connectivity index (χ3v) is 12.9. The van der Waals surface area contributed by atoms with E-state index in [0.29, 0.717) is 6.42 Å². The molecule has 5 N–H and O–H groups in total. The number of anilines is 2. The first-order valence-corrected chi connectivity index (χ1v) is 25.3. The van der Waals surface area contributed by atoms with Crippen LogP contribution in [0.1, 0.15) is 41.5 Å². The number of isothiocyanates is 2. The number of nitrogens with zero attached hydrogens (tertiary/aromatic N) is 2. The van der Waals surface area contributed by atoms with Crippen molar-refractivity contribution >= 4 is 163 Å². The fraction of sp³-hybridized carbons (Fsp3) is 0.132. The molecule has 0 saturated heterocycles. The zero-order chi connectivity index (χ0) is 49.0. The predicted molar refractivity (Wildman–Crippen MR) is 254 cm³/mol. The molecule has 32 heteroatoms. The molecule has 1 atom stereocenters. The van der Waals surface area contributed by atoms with Gasteiger partial charge in [-0.05, 0) is 139 Å². The van der Waals surface area contributed by atoms with Crippen molar-refractivity contribution in [1.29, 1.82) is 0 Å². The molecule has 70 heavy (non-hydrogen) atoms. The Balaban J connectivity index is 0.0000119. The Labute approximate surface area is 595 Å². The summed E-state index contributed by atoms with van der Waals surface area (Å²) in [6.07, 6.45) is 5.12. The summed E-state index contributed by atoms with van der Waals surface area (Å²) >= 11 is 19.5. The first-order chi connectivity index (χ1) is 30.8. The Hall–Kier alpha value is 0.995. The van der Waals surface area contributed by atoms with Gasteiger partial charge in [-0.25, -0.2) is 38.5 Å². The summed E-state index contributed by atoms with van der Waals surface area (Å²) in [6.45, 7) is 0.197. The third-order valence-electron chi connectivity index (χ3n) is 8.66. The molecule has 0 amide bonds. The molecule has 4 aromatic rings. The molecule has 0 radical (unpaired) electrons. The minimum atomic E-state index is -5.16. The molecule has 0 bridgehead atoms. The summed E-state index contributed by atoms with van der Waals surface area (Å²) in [4.78, 5) is 16.5. The van der Waals surface area contributed by atoms with E-state index in [1.165, 1.54) is 48.5 Å². The van der Waals surface area contributed by atoms with Crippen LogP contribution in [-0.4, -0.2) is 96.1 Å². The summed E-state index contributed by atoms with van der Waals surface area (Å²) in [7, 11) is -20.3. The number of carboxylic acid groups (broad SMARTS) is 1. The summed E-state index contributed by atoms with van der Waals surface area (Å²) in [5, 5.41) is 24.4. The molecule has 0 spiro atoms. The predicted octanol–water partition coefficient (Wildman–Crippen LogP) is -6.98. The molecular weight excluding hydrogens is 1180 g/mol. The Morgan fingerprint density at radius 3 is 1.26 bits per heavy atom. The van der Waals surface area contributed by atoms with Crippen LogP contribution in [0.25, 0.3) is 24.3 Å². The van der Waals surface area contributed by atoms with E-state index >= 15 is 0 Å². The SMILES string of the molecule is O=C(O)C(CCCCNC(=S)Nc1ccc(/C=C/c2ccc(N=C=S)cc2S(=O)(=O)[O-])c(S(=O)(=O)[O-])c1)NC(=S)Nc1ccc(/C=C/c2ccc(N=C=S)cc2S(=O)(=O)[O-])c(S(=O)(=O)[O-])c1.[K+].[K+].[K+].[K+]. The molecule has 20 nitrogen and oxygen atoms in total. The maximum atomic E-state index is 12.2. The largest absolute Gasteiger partial charge is 1.00 e. The van der Waals surface area contributed by atoms with Crippen LogP contribution >= 0.6 is 48.9 Å². The van der Waals surface area contributed by atoms with E-state index in [4.69, 9.17) is 24.4 Å². The Morgan fingerprint density at radius 1 is 0.571 bits per heavy atom. The van der Waals surface area contributed by atoms with Gasteiger partial charge in [0.15, 0.2) is 10.2 Å². The van der Waals surface area contributed by atoms with Crippen molar-refractivity contribution in [3.05, 3.63) is 95.1 Å². The van der Waals surface area contributed by atoms with Gasteiger partial charge in [-0.15, -0.1) is 0 Å². The van der Waals surface area contributed by atoms with Gasteiger partial charge in [0.05, 0.1) is 41.3 Å². The zero-order valence-electron chi connectivity index (χ0n) is 37.1. The number of hydrogen-bond acceptors (Lipinski definition) is 19. The second-order valence-electron chi connectivity index (χ2n) is 13.2. The standard InChI is InChI=1S/C38H34N6O14S8.4K/c45-36(46)31(44-38(62)43-30-15-11-26(35(20-30)66(56,57)58)7-5-24-9-13-28(41-22-60)18-33(24)64(50,51)52)3-1-2-16-39-37(61)42-29-14-10-25(34(19-29)65(53,54)55)6-4-23-8-12-27(40-21-59)17-32(23)63(47,48)49;;;;/h4-15,17-20,31H,1-3,16H2,(H,45,46)(H2,39,42,61)(H2,43,44,62)(H,47,48,49)(H,50,51,52)(H,53,54,55)(H,56,57,58);;;;/q;4*+1/p-4/b6-4+,7-5+;;;;. The van der Waals surface area contributed by atoms with Crippen molar-refractivity contribution in [2.24, 2.45) is 9.98 Å².